The lowest BCUT2D eigenvalue weighted by atomic mass is 10.2. The SMILES string of the molecule is CCN(CC)c1cccc(OCC(=O)c2cccs2)c1. The molecule has 0 aliphatic carbocycles. The number of hydrogen-bond donors (Lipinski definition) is 0. The molecule has 0 fully saturated rings. The number of Topliss-reactive ketones (excluding diaryl/α,β-unsaturated/α-hetero) is 1. The van der Waals surface area contributed by atoms with Gasteiger partial charge in [0.2, 0.25) is 5.78 Å². The number of rotatable bonds is 7. The number of hydrogen-bond acceptors (Lipinski definition) is 4. The predicted octanol–water partition coefficient (Wildman–Crippen LogP) is 3.86. The van der Waals surface area contributed by atoms with Gasteiger partial charge in [0, 0.05) is 24.8 Å². The van der Waals surface area contributed by atoms with Gasteiger partial charge in [-0.25, -0.2) is 0 Å². The summed E-state index contributed by atoms with van der Waals surface area (Å²) in [6.07, 6.45) is 0. The molecule has 0 unspecified atom stereocenters. The third kappa shape index (κ3) is 3.61. The van der Waals surface area contributed by atoms with E-state index in [2.05, 4.69) is 24.8 Å². The average Bonchev–Trinajstić information content (AvgIpc) is 3.01. The average molecular weight is 289 g/mol. The number of carbonyl (C=O) groups is 1. The Hall–Kier alpha value is -1.81. The fourth-order valence-electron chi connectivity index (χ4n) is 2.02. The summed E-state index contributed by atoms with van der Waals surface area (Å²) in [5, 5.41) is 1.90. The zero-order chi connectivity index (χ0) is 14.4. The van der Waals surface area contributed by atoms with Crippen LogP contribution in [0.25, 0.3) is 0 Å². The van der Waals surface area contributed by atoms with Crippen molar-refractivity contribution < 1.29 is 9.53 Å². The summed E-state index contributed by atoms with van der Waals surface area (Å²) in [4.78, 5) is 14.9. The number of benzene rings is 1. The van der Waals surface area contributed by atoms with E-state index >= 15 is 0 Å². The van der Waals surface area contributed by atoms with Crippen LogP contribution >= 0.6 is 11.3 Å². The van der Waals surface area contributed by atoms with Gasteiger partial charge in [-0.1, -0.05) is 12.1 Å². The molecule has 3 nitrogen and oxygen atoms in total. The first-order valence-electron chi connectivity index (χ1n) is 6.79. The van der Waals surface area contributed by atoms with Crippen molar-refractivity contribution in [3.8, 4) is 5.75 Å². The molecule has 1 heterocycles. The van der Waals surface area contributed by atoms with Crippen molar-refractivity contribution in [1.29, 1.82) is 0 Å². The van der Waals surface area contributed by atoms with Gasteiger partial charge in [-0.15, -0.1) is 11.3 Å². The molecule has 0 radical (unpaired) electrons. The monoisotopic (exact) mass is 289 g/mol. The summed E-state index contributed by atoms with van der Waals surface area (Å²) in [6.45, 7) is 6.24. The fraction of sp³-hybridized carbons (Fsp3) is 0.312. The van der Waals surface area contributed by atoms with Crippen molar-refractivity contribution in [1.82, 2.24) is 0 Å². The van der Waals surface area contributed by atoms with Crippen LogP contribution in [-0.2, 0) is 0 Å². The predicted molar refractivity (Wildman–Crippen MR) is 84.1 cm³/mol. The highest BCUT2D eigenvalue weighted by molar-refractivity contribution is 7.12. The van der Waals surface area contributed by atoms with Gasteiger partial charge >= 0.3 is 0 Å². The van der Waals surface area contributed by atoms with Gasteiger partial charge in [0.1, 0.15) is 5.75 Å². The van der Waals surface area contributed by atoms with E-state index in [0.717, 1.165) is 29.4 Å². The minimum Gasteiger partial charge on any atom is -0.485 e. The van der Waals surface area contributed by atoms with E-state index in [1.807, 2.05) is 35.7 Å². The number of nitrogens with zero attached hydrogens (tertiary/aromatic N) is 1. The van der Waals surface area contributed by atoms with Crippen LogP contribution in [0.4, 0.5) is 5.69 Å². The number of thiophene rings is 1. The molecule has 0 spiro atoms. The Balaban J connectivity index is 1.99. The molecule has 106 valence electrons. The van der Waals surface area contributed by atoms with Gasteiger partial charge < -0.3 is 9.64 Å². The first-order valence-corrected chi connectivity index (χ1v) is 7.67. The zero-order valence-corrected chi connectivity index (χ0v) is 12.7. The van der Waals surface area contributed by atoms with E-state index in [9.17, 15) is 4.79 Å². The molecule has 0 saturated carbocycles. The van der Waals surface area contributed by atoms with Gasteiger partial charge in [0.15, 0.2) is 6.61 Å². The van der Waals surface area contributed by atoms with Gasteiger partial charge in [0.05, 0.1) is 4.88 Å². The van der Waals surface area contributed by atoms with Crippen LogP contribution in [0.15, 0.2) is 41.8 Å². The quantitative estimate of drug-likeness (QED) is 0.725. The third-order valence-electron chi connectivity index (χ3n) is 3.11. The topological polar surface area (TPSA) is 29.5 Å². The van der Waals surface area contributed by atoms with Crippen molar-refractivity contribution in [3.05, 3.63) is 46.7 Å². The van der Waals surface area contributed by atoms with Crippen molar-refractivity contribution in [2.45, 2.75) is 13.8 Å². The van der Waals surface area contributed by atoms with Crippen LogP contribution in [0.1, 0.15) is 23.5 Å². The molecule has 0 N–H and O–H groups in total. The minimum atomic E-state index is 0.0215. The molecule has 20 heavy (non-hydrogen) atoms. The number of anilines is 1. The molecule has 4 heteroatoms. The molecule has 2 rings (SSSR count). The Kier molecular flexibility index (Phi) is 5.18. The molecular formula is C16H19NO2S. The summed E-state index contributed by atoms with van der Waals surface area (Å²) < 4.78 is 5.60. The number of carbonyl (C=O) groups excluding carboxylic acids is 1. The van der Waals surface area contributed by atoms with E-state index in [1.54, 1.807) is 0 Å². The highest BCUT2D eigenvalue weighted by atomic mass is 32.1. The van der Waals surface area contributed by atoms with E-state index in [0.29, 0.717) is 0 Å². The van der Waals surface area contributed by atoms with Crippen LogP contribution < -0.4 is 9.64 Å². The van der Waals surface area contributed by atoms with Gasteiger partial charge in [0.25, 0.3) is 0 Å². The Morgan fingerprint density at radius 1 is 1.20 bits per heavy atom. The first kappa shape index (κ1) is 14.6. The first-order chi connectivity index (χ1) is 9.74. The molecule has 0 saturated heterocycles. The third-order valence-corrected chi connectivity index (χ3v) is 4.02. The van der Waals surface area contributed by atoms with Gasteiger partial charge in [-0.3, -0.25) is 4.79 Å². The summed E-state index contributed by atoms with van der Waals surface area (Å²) in [7, 11) is 0. The Morgan fingerprint density at radius 3 is 2.65 bits per heavy atom. The van der Waals surface area contributed by atoms with Gasteiger partial charge in [-0.05, 0) is 37.4 Å². The molecule has 1 aromatic carbocycles. The number of ether oxygens (including phenoxy) is 1. The lowest BCUT2D eigenvalue weighted by Crippen LogP contribution is -2.21. The molecular weight excluding hydrogens is 270 g/mol. The summed E-state index contributed by atoms with van der Waals surface area (Å²) >= 11 is 1.44. The van der Waals surface area contributed by atoms with Crippen LogP contribution in [0.2, 0.25) is 0 Å². The highest BCUT2D eigenvalue weighted by Crippen LogP contribution is 2.21. The maximum atomic E-state index is 11.9. The van der Waals surface area contributed by atoms with E-state index in [1.165, 1.54) is 11.3 Å². The maximum absolute atomic E-state index is 11.9. The zero-order valence-electron chi connectivity index (χ0n) is 11.8. The van der Waals surface area contributed by atoms with Crippen molar-refractivity contribution in [2.24, 2.45) is 0 Å². The van der Waals surface area contributed by atoms with Crippen LogP contribution in [0, 0.1) is 0 Å². The van der Waals surface area contributed by atoms with E-state index < -0.39 is 0 Å². The highest BCUT2D eigenvalue weighted by Gasteiger charge is 2.08. The van der Waals surface area contributed by atoms with E-state index in [-0.39, 0.29) is 12.4 Å². The minimum absolute atomic E-state index is 0.0215. The lowest BCUT2D eigenvalue weighted by molar-refractivity contribution is 0.0925. The second-order valence-electron chi connectivity index (χ2n) is 4.36. The summed E-state index contributed by atoms with van der Waals surface area (Å²) in [5.41, 5.74) is 1.12. The second-order valence-corrected chi connectivity index (χ2v) is 5.31. The molecule has 0 aliphatic heterocycles. The van der Waals surface area contributed by atoms with Crippen molar-refractivity contribution >= 4 is 22.8 Å². The number of ketones is 1. The smallest absolute Gasteiger partial charge is 0.210 e. The Bertz CT molecular complexity index is 547. The molecule has 1 aromatic heterocycles. The maximum Gasteiger partial charge on any atom is 0.210 e. The molecule has 0 atom stereocenters. The largest absolute Gasteiger partial charge is 0.485 e. The van der Waals surface area contributed by atoms with Crippen molar-refractivity contribution in [2.75, 3.05) is 24.6 Å². The Labute approximate surface area is 123 Å². The second kappa shape index (κ2) is 7.10. The summed E-state index contributed by atoms with van der Waals surface area (Å²) in [5.74, 6) is 0.757. The summed E-state index contributed by atoms with van der Waals surface area (Å²) in [6, 6.07) is 11.6. The van der Waals surface area contributed by atoms with E-state index in [4.69, 9.17) is 4.74 Å². The van der Waals surface area contributed by atoms with Gasteiger partial charge in [-0.2, -0.15) is 0 Å². The Morgan fingerprint density at radius 2 is 2.00 bits per heavy atom. The van der Waals surface area contributed by atoms with Crippen LogP contribution in [0.5, 0.6) is 5.75 Å². The molecule has 0 bridgehead atoms. The van der Waals surface area contributed by atoms with Crippen LogP contribution in [0.3, 0.4) is 0 Å². The van der Waals surface area contributed by atoms with Crippen LogP contribution in [-0.4, -0.2) is 25.5 Å². The molecule has 0 amide bonds. The lowest BCUT2D eigenvalue weighted by Gasteiger charge is -2.21. The van der Waals surface area contributed by atoms with Crippen molar-refractivity contribution in [3.63, 3.8) is 0 Å². The normalized spacial score (nSPS) is 10.3. The molecule has 2 aromatic rings. The standard InChI is InChI=1S/C16H19NO2S/c1-3-17(4-2)13-7-5-8-14(11-13)19-12-15(18)16-9-6-10-20-16/h5-11H,3-4,12H2,1-2H3. The fourth-order valence-corrected chi connectivity index (χ4v) is 2.67. The molecule has 0 aliphatic rings.